The molecule has 0 aromatic heterocycles. The number of amides is 1. The van der Waals surface area contributed by atoms with Gasteiger partial charge in [-0.1, -0.05) is 51.1 Å². The first-order chi connectivity index (χ1) is 14.0. The number of likely N-dealkylation sites (tertiary alicyclic amines) is 1. The van der Waals surface area contributed by atoms with Crippen LogP contribution in [-0.2, 0) is 15.8 Å². The van der Waals surface area contributed by atoms with Crippen LogP contribution in [0.4, 0.5) is 5.69 Å². The summed E-state index contributed by atoms with van der Waals surface area (Å²) >= 11 is 0. The number of rotatable bonds is 5. The van der Waals surface area contributed by atoms with Gasteiger partial charge in [-0.2, -0.15) is 0 Å². The van der Waals surface area contributed by atoms with Crippen LogP contribution in [0.25, 0.3) is 0 Å². The van der Waals surface area contributed by atoms with Crippen LogP contribution >= 0.6 is 0 Å². The molecule has 2 aromatic rings. The van der Waals surface area contributed by atoms with E-state index in [4.69, 9.17) is 0 Å². The van der Waals surface area contributed by atoms with Gasteiger partial charge in [0.05, 0.1) is 5.75 Å². The molecule has 2 unspecified atom stereocenters. The van der Waals surface area contributed by atoms with Crippen molar-refractivity contribution in [2.24, 2.45) is 10.8 Å². The molecular weight excluding hydrogens is 396 g/mol. The van der Waals surface area contributed by atoms with E-state index in [-0.39, 0.29) is 28.5 Å². The molecule has 1 N–H and O–H groups in total. The lowest BCUT2D eigenvalue weighted by Crippen LogP contribution is -2.37. The first-order valence-corrected chi connectivity index (χ1v) is 12.2. The molecule has 5 nitrogen and oxygen atoms in total. The van der Waals surface area contributed by atoms with Crippen molar-refractivity contribution in [3.05, 3.63) is 65.7 Å². The minimum absolute atomic E-state index is 0.0418. The molecule has 0 radical (unpaired) electrons. The molecule has 1 saturated carbocycles. The Labute approximate surface area is 179 Å². The van der Waals surface area contributed by atoms with E-state index in [1.54, 1.807) is 36.4 Å². The molecule has 1 aliphatic heterocycles. The highest BCUT2D eigenvalue weighted by Gasteiger charge is 2.50. The maximum atomic E-state index is 13.2. The lowest BCUT2D eigenvalue weighted by molar-refractivity contribution is 0.0708. The smallest absolute Gasteiger partial charge is 0.254 e. The van der Waals surface area contributed by atoms with Crippen LogP contribution in [0, 0.1) is 10.8 Å². The third kappa shape index (κ3) is 4.53. The van der Waals surface area contributed by atoms with Crippen LogP contribution in [0.5, 0.6) is 0 Å². The summed E-state index contributed by atoms with van der Waals surface area (Å²) in [6, 6.07) is 16.1. The molecule has 2 aliphatic rings. The first-order valence-electron chi connectivity index (χ1n) is 10.5. The van der Waals surface area contributed by atoms with Gasteiger partial charge in [-0.05, 0) is 59.9 Å². The summed E-state index contributed by atoms with van der Waals surface area (Å²) in [5.74, 6) is -0.0432. The van der Waals surface area contributed by atoms with Crippen LogP contribution in [0.15, 0.2) is 54.6 Å². The van der Waals surface area contributed by atoms with Gasteiger partial charge in [-0.15, -0.1) is 0 Å². The lowest BCUT2D eigenvalue weighted by atomic mass is 9.65. The van der Waals surface area contributed by atoms with Gasteiger partial charge >= 0.3 is 0 Å². The quantitative estimate of drug-likeness (QED) is 0.756. The Hall–Kier alpha value is -2.34. The minimum atomic E-state index is -3.51. The first kappa shape index (κ1) is 20.9. The van der Waals surface area contributed by atoms with Crippen molar-refractivity contribution < 1.29 is 13.2 Å². The zero-order valence-electron chi connectivity index (χ0n) is 17.9. The number of fused-ring (bicyclic) bond motifs is 2. The van der Waals surface area contributed by atoms with Crippen molar-refractivity contribution in [3.63, 3.8) is 0 Å². The van der Waals surface area contributed by atoms with Crippen LogP contribution < -0.4 is 4.72 Å². The number of carbonyl (C=O) groups excluding carboxylic acids is 1. The summed E-state index contributed by atoms with van der Waals surface area (Å²) < 4.78 is 27.5. The Morgan fingerprint density at radius 2 is 1.70 bits per heavy atom. The Balaban J connectivity index is 1.44. The molecule has 2 atom stereocenters. The van der Waals surface area contributed by atoms with E-state index in [0.717, 1.165) is 31.4 Å². The summed E-state index contributed by atoms with van der Waals surface area (Å²) in [5, 5.41) is 0. The third-order valence-electron chi connectivity index (χ3n) is 6.28. The number of nitrogens with one attached hydrogen (secondary N) is 1. The van der Waals surface area contributed by atoms with E-state index >= 15 is 0 Å². The van der Waals surface area contributed by atoms with Gasteiger partial charge in [0.2, 0.25) is 10.0 Å². The summed E-state index contributed by atoms with van der Waals surface area (Å²) in [6.07, 6.45) is 3.24. The minimum Gasteiger partial charge on any atom is -0.335 e. The molecule has 30 heavy (non-hydrogen) atoms. The molecule has 1 heterocycles. The fourth-order valence-corrected chi connectivity index (χ4v) is 6.75. The summed E-state index contributed by atoms with van der Waals surface area (Å²) in [7, 11) is -3.51. The van der Waals surface area contributed by atoms with Gasteiger partial charge in [0, 0.05) is 23.8 Å². The lowest BCUT2D eigenvalue weighted by Gasteiger charge is -2.39. The molecule has 4 rings (SSSR count). The second-order valence-electron chi connectivity index (χ2n) is 10.1. The van der Waals surface area contributed by atoms with E-state index in [9.17, 15) is 13.2 Å². The van der Waals surface area contributed by atoms with E-state index in [1.165, 1.54) is 0 Å². The number of hydrogen-bond acceptors (Lipinski definition) is 3. The van der Waals surface area contributed by atoms with Gasteiger partial charge in [0.1, 0.15) is 0 Å². The van der Waals surface area contributed by atoms with E-state index < -0.39 is 10.0 Å². The van der Waals surface area contributed by atoms with Crippen molar-refractivity contribution >= 4 is 21.6 Å². The number of hydrogen-bond donors (Lipinski definition) is 1. The van der Waals surface area contributed by atoms with E-state index in [1.807, 2.05) is 23.1 Å². The van der Waals surface area contributed by atoms with Crippen molar-refractivity contribution in [1.82, 2.24) is 4.90 Å². The predicted octanol–water partition coefficient (Wildman–Crippen LogP) is 4.67. The van der Waals surface area contributed by atoms with Crippen molar-refractivity contribution in [2.45, 2.75) is 51.8 Å². The van der Waals surface area contributed by atoms with Gasteiger partial charge in [0.15, 0.2) is 0 Å². The Bertz CT molecular complexity index is 1030. The molecule has 6 heteroatoms. The maximum absolute atomic E-state index is 13.2. The Morgan fingerprint density at radius 1 is 1.03 bits per heavy atom. The number of nitrogens with zero attached hydrogens (tertiary/aromatic N) is 1. The van der Waals surface area contributed by atoms with Crippen molar-refractivity contribution in [3.8, 4) is 0 Å². The van der Waals surface area contributed by atoms with Gasteiger partial charge in [-0.25, -0.2) is 8.42 Å². The fraction of sp³-hybridized carbons (Fsp3) is 0.458. The maximum Gasteiger partial charge on any atom is 0.254 e. The molecule has 1 saturated heterocycles. The Kier molecular flexibility index (Phi) is 5.17. The summed E-state index contributed by atoms with van der Waals surface area (Å²) in [6.45, 7) is 7.67. The molecule has 1 amide bonds. The summed E-state index contributed by atoms with van der Waals surface area (Å²) in [5.41, 5.74) is 2.25. The van der Waals surface area contributed by atoms with Gasteiger partial charge in [0.25, 0.3) is 5.91 Å². The van der Waals surface area contributed by atoms with Gasteiger partial charge in [-0.3, -0.25) is 9.52 Å². The highest BCUT2D eigenvalue weighted by atomic mass is 32.2. The number of sulfonamides is 1. The van der Waals surface area contributed by atoms with E-state index in [0.29, 0.717) is 11.3 Å². The average molecular weight is 427 g/mol. The number of carbonyl (C=O) groups is 1. The van der Waals surface area contributed by atoms with Crippen molar-refractivity contribution in [1.29, 1.82) is 0 Å². The molecule has 2 aromatic carbocycles. The zero-order chi connectivity index (χ0) is 21.6. The molecular formula is C24H30N2O3S. The van der Waals surface area contributed by atoms with E-state index in [2.05, 4.69) is 25.5 Å². The standard InChI is InChI=1S/C24H30N2O3S/c1-23(2)13-21-14-24(3,16-23)17-26(21)22(27)19-9-11-20(12-10-19)25-30(28,29)15-18-7-5-4-6-8-18/h4-12,21,25H,13-17H2,1-3H3. The molecule has 2 bridgehead atoms. The number of benzene rings is 2. The Morgan fingerprint density at radius 3 is 2.37 bits per heavy atom. The second-order valence-corrected chi connectivity index (χ2v) is 11.8. The largest absolute Gasteiger partial charge is 0.335 e. The highest BCUT2D eigenvalue weighted by molar-refractivity contribution is 7.91. The van der Waals surface area contributed by atoms with Crippen LogP contribution in [0.1, 0.15) is 56.0 Å². The van der Waals surface area contributed by atoms with Crippen LogP contribution in [0.2, 0.25) is 0 Å². The summed E-state index contributed by atoms with van der Waals surface area (Å²) in [4.78, 5) is 15.2. The molecule has 160 valence electrons. The fourth-order valence-electron chi connectivity index (χ4n) is 5.55. The zero-order valence-corrected chi connectivity index (χ0v) is 18.7. The molecule has 2 fully saturated rings. The average Bonchev–Trinajstić information content (AvgIpc) is 2.90. The molecule has 0 spiro atoms. The highest BCUT2D eigenvalue weighted by Crippen LogP contribution is 2.52. The van der Waals surface area contributed by atoms with Gasteiger partial charge < -0.3 is 4.90 Å². The normalized spacial score (nSPS) is 25.2. The van der Waals surface area contributed by atoms with Crippen molar-refractivity contribution in [2.75, 3.05) is 11.3 Å². The second kappa shape index (κ2) is 7.41. The van der Waals surface area contributed by atoms with Crippen LogP contribution in [-0.4, -0.2) is 31.8 Å². The topological polar surface area (TPSA) is 66.5 Å². The third-order valence-corrected chi connectivity index (χ3v) is 7.54. The van der Waals surface area contributed by atoms with Crippen LogP contribution in [0.3, 0.4) is 0 Å². The molecule has 1 aliphatic carbocycles. The predicted molar refractivity (Wildman–Crippen MR) is 120 cm³/mol. The SMILES string of the molecule is CC1(C)CC2CC(C)(CN2C(=O)c2ccc(NS(=O)(=O)Cc3ccccc3)cc2)C1. The number of anilines is 1. The monoisotopic (exact) mass is 426 g/mol.